The first-order valence-corrected chi connectivity index (χ1v) is 9.30. The highest BCUT2D eigenvalue weighted by Gasteiger charge is 2.25. The number of anilines is 1. The van der Waals surface area contributed by atoms with Crippen LogP contribution in [0.3, 0.4) is 0 Å². The molecule has 0 bridgehead atoms. The Balaban J connectivity index is 1.74. The zero-order valence-electron chi connectivity index (χ0n) is 16.4. The molecule has 30 heavy (non-hydrogen) atoms. The summed E-state index contributed by atoms with van der Waals surface area (Å²) in [5, 5.41) is 3.94. The van der Waals surface area contributed by atoms with Gasteiger partial charge in [-0.2, -0.15) is 0 Å². The first-order chi connectivity index (χ1) is 14.5. The molecule has 0 saturated heterocycles. The number of hydrogen-bond acceptors (Lipinski definition) is 6. The Kier molecular flexibility index (Phi) is 6.59. The number of hydrogen-bond donors (Lipinski definition) is 1. The number of aromatic nitrogens is 1. The predicted molar refractivity (Wildman–Crippen MR) is 110 cm³/mol. The van der Waals surface area contributed by atoms with E-state index in [1.807, 2.05) is 18.2 Å². The molecule has 2 N–H and O–H groups in total. The molecule has 3 aromatic rings. The maximum absolute atomic E-state index is 12.7. The molecule has 0 aliphatic carbocycles. The molecule has 0 atom stereocenters. The van der Waals surface area contributed by atoms with Gasteiger partial charge in [-0.3, -0.25) is 9.59 Å². The lowest BCUT2D eigenvalue weighted by molar-refractivity contribution is -0.121. The van der Waals surface area contributed by atoms with E-state index in [1.165, 1.54) is 4.90 Å². The third kappa shape index (κ3) is 4.91. The van der Waals surface area contributed by atoms with Crippen LogP contribution in [0.4, 0.5) is 5.69 Å². The Bertz CT molecular complexity index is 1030. The highest BCUT2D eigenvalue weighted by molar-refractivity contribution is 6.00. The average molecular weight is 407 g/mol. The molecule has 0 aliphatic rings. The number of aryl methyl sites for hydroxylation is 1. The number of amides is 2. The van der Waals surface area contributed by atoms with Crippen LogP contribution in [0.5, 0.6) is 0 Å². The summed E-state index contributed by atoms with van der Waals surface area (Å²) in [6.07, 6.45) is -0.0164. The molecule has 0 radical (unpaired) electrons. The monoisotopic (exact) mass is 407 g/mol. The zero-order valence-corrected chi connectivity index (χ0v) is 16.4. The van der Waals surface area contributed by atoms with Gasteiger partial charge in [-0.05, 0) is 19.1 Å². The van der Waals surface area contributed by atoms with Gasteiger partial charge in [0.2, 0.25) is 5.91 Å². The number of para-hydroxylation sites is 1. The van der Waals surface area contributed by atoms with Crippen LogP contribution >= 0.6 is 0 Å². The van der Waals surface area contributed by atoms with Crippen molar-refractivity contribution in [3.05, 3.63) is 72.0 Å². The molecule has 0 aliphatic heterocycles. The van der Waals surface area contributed by atoms with E-state index in [1.54, 1.807) is 49.4 Å². The minimum absolute atomic E-state index is 0.0164. The van der Waals surface area contributed by atoms with Gasteiger partial charge in [0.15, 0.2) is 6.61 Å². The van der Waals surface area contributed by atoms with E-state index in [2.05, 4.69) is 5.16 Å². The molecular weight excluding hydrogens is 386 g/mol. The summed E-state index contributed by atoms with van der Waals surface area (Å²) in [7, 11) is 0. The van der Waals surface area contributed by atoms with E-state index in [0.29, 0.717) is 22.7 Å². The van der Waals surface area contributed by atoms with Crippen molar-refractivity contribution in [1.82, 2.24) is 5.16 Å². The number of nitrogens with zero attached hydrogens (tertiary/aromatic N) is 2. The summed E-state index contributed by atoms with van der Waals surface area (Å²) in [6.45, 7) is 1.17. The molecule has 154 valence electrons. The van der Waals surface area contributed by atoms with Gasteiger partial charge in [-0.25, -0.2) is 4.79 Å². The third-order valence-electron chi connectivity index (χ3n) is 4.39. The highest BCUT2D eigenvalue weighted by Crippen LogP contribution is 2.25. The lowest BCUT2D eigenvalue weighted by Gasteiger charge is -2.22. The SMILES string of the molecule is Cc1onc(-c2ccccc2)c1C(=O)OCC(=O)N(CCC(N)=O)c1ccccc1. The van der Waals surface area contributed by atoms with Crippen molar-refractivity contribution in [2.24, 2.45) is 5.73 Å². The van der Waals surface area contributed by atoms with Crippen LogP contribution in [0.2, 0.25) is 0 Å². The quantitative estimate of drug-likeness (QED) is 0.574. The lowest BCUT2D eigenvalue weighted by atomic mass is 10.1. The Morgan fingerprint density at radius 1 is 1.03 bits per heavy atom. The van der Waals surface area contributed by atoms with Gasteiger partial charge in [0.1, 0.15) is 17.0 Å². The average Bonchev–Trinajstić information content (AvgIpc) is 3.15. The van der Waals surface area contributed by atoms with Crippen molar-refractivity contribution >= 4 is 23.5 Å². The summed E-state index contributed by atoms with van der Waals surface area (Å²) < 4.78 is 10.4. The van der Waals surface area contributed by atoms with E-state index >= 15 is 0 Å². The van der Waals surface area contributed by atoms with Crippen molar-refractivity contribution in [2.45, 2.75) is 13.3 Å². The van der Waals surface area contributed by atoms with E-state index in [0.717, 1.165) is 0 Å². The van der Waals surface area contributed by atoms with Crippen LogP contribution in [0.1, 0.15) is 22.5 Å². The minimum atomic E-state index is -0.719. The molecule has 2 amide bonds. The zero-order chi connectivity index (χ0) is 21.5. The van der Waals surface area contributed by atoms with Crippen LogP contribution in [-0.2, 0) is 14.3 Å². The van der Waals surface area contributed by atoms with E-state index in [9.17, 15) is 14.4 Å². The molecule has 1 aromatic heterocycles. The predicted octanol–water partition coefficient (Wildman–Crippen LogP) is 2.72. The van der Waals surface area contributed by atoms with Crippen molar-refractivity contribution in [3.63, 3.8) is 0 Å². The summed E-state index contributed by atoms with van der Waals surface area (Å²) in [4.78, 5) is 37.9. The van der Waals surface area contributed by atoms with Gasteiger partial charge >= 0.3 is 5.97 Å². The number of nitrogens with two attached hydrogens (primary N) is 1. The number of rotatable bonds is 8. The molecule has 2 aromatic carbocycles. The molecule has 1 heterocycles. The second kappa shape index (κ2) is 9.51. The van der Waals surface area contributed by atoms with E-state index in [-0.39, 0.29) is 18.5 Å². The normalized spacial score (nSPS) is 10.4. The number of esters is 1. The van der Waals surface area contributed by atoms with Crippen LogP contribution < -0.4 is 10.6 Å². The van der Waals surface area contributed by atoms with Crippen molar-refractivity contribution < 1.29 is 23.6 Å². The Labute approximate surface area is 173 Å². The molecule has 0 spiro atoms. The van der Waals surface area contributed by atoms with E-state index < -0.39 is 24.4 Å². The second-order valence-corrected chi connectivity index (χ2v) is 6.50. The lowest BCUT2D eigenvalue weighted by Crippen LogP contribution is -2.37. The van der Waals surface area contributed by atoms with Crippen molar-refractivity contribution in [3.8, 4) is 11.3 Å². The Morgan fingerprint density at radius 3 is 2.30 bits per heavy atom. The van der Waals surface area contributed by atoms with Gasteiger partial charge in [0, 0.05) is 24.2 Å². The van der Waals surface area contributed by atoms with Gasteiger partial charge < -0.3 is 19.9 Å². The number of ether oxygens (including phenoxy) is 1. The minimum Gasteiger partial charge on any atom is -0.452 e. The first-order valence-electron chi connectivity index (χ1n) is 9.30. The molecular formula is C22H21N3O5. The Morgan fingerprint density at radius 2 is 1.67 bits per heavy atom. The molecule has 0 fully saturated rings. The topological polar surface area (TPSA) is 116 Å². The van der Waals surface area contributed by atoms with E-state index in [4.69, 9.17) is 15.0 Å². The maximum atomic E-state index is 12.7. The van der Waals surface area contributed by atoms with Gasteiger partial charge in [0.05, 0.1) is 0 Å². The van der Waals surface area contributed by atoms with Crippen LogP contribution in [0, 0.1) is 6.92 Å². The van der Waals surface area contributed by atoms with Gasteiger partial charge in [0.25, 0.3) is 5.91 Å². The van der Waals surface area contributed by atoms with Crippen LogP contribution in [-0.4, -0.2) is 36.1 Å². The second-order valence-electron chi connectivity index (χ2n) is 6.50. The van der Waals surface area contributed by atoms with Crippen molar-refractivity contribution in [1.29, 1.82) is 0 Å². The smallest absolute Gasteiger partial charge is 0.344 e. The first kappa shape index (κ1) is 20.8. The Hall–Kier alpha value is -3.94. The molecule has 8 heteroatoms. The molecule has 8 nitrogen and oxygen atoms in total. The largest absolute Gasteiger partial charge is 0.452 e. The van der Waals surface area contributed by atoms with Gasteiger partial charge in [-0.15, -0.1) is 0 Å². The summed E-state index contributed by atoms with van der Waals surface area (Å²) in [5.41, 5.74) is 6.99. The third-order valence-corrected chi connectivity index (χ3v) is 4.39. The standard InChI is InChI=1S/C22H21N3O5/c1-15-20(21(24-30-15)16-8-4-2-5-9-16)22(28)29-14-19(27)25(13-12-18(23)26)17-10-6-3-7-11-17/h2-11H,12-14H2,1H3,(H2,23,26). The highest BCUT2D eigenvalue weighted by atomic mass is 16.5. The summed E-state index contributed by atoms with van der Waals surface area (Å²) in [5.74, 6) is -1.44. The number of carbonyl (C=O) groups is 3. The number of benzene rings is 2. The molecule has 0 saturated carbocycles. The molecule has 3 rings (SSSR count). The van der Waals surface area contributed by atoms with Crippen molar-refractivity contribution in [2.75, 3.05) is 18.1 Å². The number of primary amides is 1. The van der Waals surface area contributed by atoms with Crippen LogP contribution in [0.25, 0.3) is 11.3 Å². The fourth-order valence-electron chi connectivity index (χ4n) is 2.91. The number of carbonyl (C=O) groups excluding carboxylic acids is 3. The fourth-order valence-corrected chi connectivity index (χ4v) is 2.91. The fraction of sp³-hybridized carbons (Fsp3) is 0.182. The summed E-state index contributed by atoms with van der Waals surface area (Å²) >= 11 is 0. The summed E-state index contributed by atoms with van der Waals surface area (Å²) in [6, 6.07) is 17.8. The molecule has 0 unspecified atom stereocenters. The van der Waals surface area contributed by atoms with Gasteiger partial charge in [-0.1, -0.05) is 53.7 Å². The maximum Gasteiger partial charge on any atom is 0.344 e. The van der Waals surface area contributed by atoms with Crippen LogP contribution in [0.15, 0.2) is 65.2 Å².